The molecule has 1 aliphatic heterocycles. The molecular formula is C35H46Cl2N6O5. The van der Waals surface area contributed by atoms with Crippen LogP contribution in [0, 0.1) is 0 Å². The summed E-state index contributed by atoms with van der Waals surface area (Å²) in [4.78, 5) is 37.3. The number of carbonyl (C=O) groups excluding carboxylic acids is 2. The maximum Gasteiger partial charge on any atom is 0.410 e. The number of nitrogens with zero attached hydrogens (tertiary/aromatic N) is 3. The molecule has 3 aliphatic rings. The minimum atomic E-state index is -0.642. The summed E-state index contributed by atoms with van der Waals surface area (Å²) in [6.45, 7) is 6.31. The van der Waals surface area contributed by atoms with Gasteiger partial charge in [0.2, 0.25) is 0 Å². The van der Waals surface area contributed by atoms with Gasteiger partial charge in [-0.2, -0.15) is 0 Å². The van der Waals surface area contributed by atoms with Gasteiger partial charge < -0.3 is 30.6 Å². The Kier molecular flexibility index (Phi) is 11.9. The number of nitrogens with two attached hydrogens (primary N) is 1. The number of ether oxygens (including phenoxy) is 3. The van der Waals surface area contributed by atoms with E-state index in [2.05, 4.69) is 20.6 Å². The smallest absolute Gasteiger partial charge is 0.410 e. The van der Waals surface area contributed by atoms with Gasteiger partial charge in [0, 0.05) is 42.4 Å². The number of halogens is 2. The van der Waals surface area contributed by atoms with E-state index in [1.54, 1.807) is 30.3 Å². The number of rotatable bonds is 10. The van der Waals surface area contributed by atoms with Crippen LogP contribution in [-0.2, 0) is 14.2 Å². The zero-order valence-electron chi connectivity index (χ0n) is 28.0. The number of methoxy groups -OCH3 is 1. The summed E-state index contributed by atoms with van der Waals surface area (Å²) in [6.07, 6.45) is 10.3. The second kappa shape index (κ2) is 15.9. The highest BCUT2D eigenvalue weighted by Crippen LogP contribution is 2.30. The molecule has 260 valence electrons. The zero-order valence-corrected chi connectivity index (χ0v) is 29.5. The maximum atomic E-state index is 13.4. The van der Waals surface area contributed by atoms with Gasteiger partial charge in [-0.15, -0.1) is 11.6 Å². The fourth-order valence-corrected chi connectivity index (χ4v) is 6.88. The van der Waals surface area contributed by atoms with Gasteiger partial charge >= 0.3 is 6.09 Å². The standard InChI is InChI=1S/C35H46Cl2N6O5/c1-35(2,3)48-34(45)43-17-16-23(18-29(43)33(46-4)47-24-8-5-6-9-24)41-32(44)22-14-12-21(13-15-22)28-20-39-30(38)31(42-28)40-19-25-26(36)10-7-11-27(25)37/h7,10,12-15,20,23-24,27,29,33H,5-6,8-9,11,16-19H2,1-4H3,(H2,38,39)(H,40,42)(H,41,44)/t23?,27?,29-,33?/m1/s1. The number of allylic oxidation sites excluding steroid dienone is 3. The molecule has 2 fully saturated rings. The predicted molar refractivity (Wildman–Crippen MR) is 188 cm³/mol. The Balaban J connectivity index is 1.24. The number of carbonyl (C=O) groups is 2. The van der Waals surface area contributed by atoms with E-state index >= 15 is 0 Å². The first kappa shape index (κ1) is 35.9. The molecule has 4 atom stereocenters. The SMILES string of the molecule is COC(OC1CCCC1)[C@H]1CC(NC(=O)c2ccc(-c3cnc(N)c(NCC4=C(Cl)C=CCC4Cl)n3)cc2)CCN1C(=O)OC(C)(C)C. The number of aromatic nitrogens is 2. The van der Waals surface area contributed by atoms with Crippen molar-refractivity contribution in [1.29, 1.82) is 0 Å². The minimum Gasteiger partial charge on any atom is -0.444 e. The van der Waals surface area contributed by atoms with E-state index in [1.165, 1.54) is 0 Å². The van der Waals surface area contributed by atoms with Crippen LogP contribution in [0.2, 0.25) is 0 Å². The number of benzene rings is 1. The topological polar surface area (TPSA) is 141 Å². The summed E-state index contributed by atoms with van der Waals surface area (Å²) in [5, 5.41) is 6.77. The van der Waals surface area contributed by atoms with Crippen LogP contribution in [-0.4, -0.2) is 82.5 Å². The van der Waals surface area contributed by atoms with Crippen molar-refractivity contribution in [3.8, 4) is 11.3 Å². The number of nitrogens with one attached hydrogen (secondary N) is 2. The zero-order chi connectivity index (χ0) is 34.4. The van der Waals surface area contributed by atoms with Gasteiger partial charge in [0.25, 0.3) is 5.91 Å². The lowest BCUT2D eigenvalue weighted by atomic mass is 9.96. The summed E-state index contributed by atoms with van der Waals surface area (Å²) < 4.78 is 17.9. The van der Waals surface area contributed by atoms with E-state index < -0.39 is 24.0 Å². The Morgan fingerprint density at radius 1 is 1.15 bits per heavy atom. The van der Waals surface area contributed by atoms with Crippen LogP contribution < -0.4 is 16.4 Å². The van der Waals surface area contributed by atoms with Crippen molar-refractivity contribution >= 4 is 46.8 Å². The van der Waals surface area contributed by atoms with Crippen molar-refractivity contribution in [2.24, 2.45) is 0 Å². The molecule has 0 radical (unpaired) electrons. The summed E-state index contributed by atoms with van der Waals surface area (Å²) in [6, 6.07) is 6.53. The molecule has 11 nitrogen and oxygen atoms in total. The molecule has 2 aromatic rings. The molecule has 2 amide bonds. The van der Waals surface area contributed by atoms with Crippen molar-refractivity contribution in [1.82, 2.24) is 20.2 Å². The fourth-order valence-electron chi connectivity index (χ4n) is 6.24. The van der Waals surface area contributed by atoms with Gasteiger partial charge in [-0.1, -0.05) is 42.7 Å². The minimum absolute atomic E-state index is 0.0877. The lowest BCUT2D eigenvalue weighted by Gasteiger charge is -2.43. The Labute approximate surface area is 292 Å². The molecule has 3 unspecified atom stereocenters. The van der Waals surface area contributed by atoms with Crippen molar-refractivity contribution in [3.05, 3.63) is 58.8 Å². The number of piperidine rings is 1. The molecule has 2 heterocycles. The molecular weight excluding hydrogens is 655 g/mol. The van der Waals surface area contributed by atoms with Crippen molar-refractivity contribution in [2.45, 2.75) is 101 Å². The van der Waals surface area contributed by atoms with E-state index in [-0.39, 0.29) is 29.2 Å². The average molecular weight is 702 g/mol. The van der Waals surface area contributed by atoms with Crippen LogP contribution >= 0.6 is 23.2 Å². The Hall–Kier alpha value is -3.38. The molecule has 4 N–H and O–H groups in total. The van der Waals surface area contributed by atoms with Crippen molar-refractivity contribution in [2.75, 3.05) is 31.2 Å². The molecule has 0 spiro atoms. The van der Waals surface area contributed by atoms with E-state index in [0.717, 1.165) is 36.8 Å². The number of amides is 2. The van der Waals surface area contributed by atoms with E-state index in [1.807, 2.05) is 45.1 Å². The first-order chi connectivity index (χ1) is 22.9. The Morgan fingerprint density at radius 3 is 2.54 bits per heavy atom. The van der Waals surface area contributed by atoms with Crippen molar-refractivity contribution < 1.29 is 23.8 Å². The van der Waals surface area contributed by atoms with E-state index in [9.17, 15) is 9.59 Å². The van der Waals surface area contributed by atoms with Gasteiger partial charge in [-0.3, -0.25) is 9.69 Å². The summed E-state index contributed by atoms with van der Waals surface area (Å²) in [7, 11) is 1.60. The molecule has 5 rings (SSSR count). The van der Waals surface area contributed by atoms with Gasteiger partial charge in [0.1, 0.15) is 5.60 Å². The van der Waals surface area contributed by atoms with Crippen LogP contribution in [0.1, 0.15) is 76.1 Å². The highest BCUT2D eigenvalue weighted by molar-refractivity contribution is 6.33. The van der Waals surface area contributed by atoms with E-state index in [0.29, 0.717) is 54.5 Å². The number of hydrogen-bond donors (Lipinski definition) is 3. The number of hydrogen-bond acceptors (Lipinski definition) is 9. The number of alkyl halides is 1. The number of nitrogen functional groups attached to an aromatic ring is 1. The first-order valence-electron chi connectivity index (χ1n) is 16.6. The largest absolute Gasteiger partial charge is 0.444 e. The molecule has 1 saturated carbocycles. The molecule has 1 saturated heterocycles. The van der Waals surface area contributed by atoms with Crippen LogP contribution in [0.3, 0.4) is 0 Å². The van der Waals surface area contributed by atoms with Crippen LogP contribution in [0.4, 0.5) is 16.4 Å². The maximum absolute atomic E-state index is 13.4. The van der Waals surface area contributed by atoms with Gasteiger partial charge in [-0.25, -0.2) is 14.8 Å². The first-order valence-corrected chi connectivity index (χ1v) is 17.4. The lowest BCUT2D eigenvalue weighted by molar-refractivity contribution is -0.191. The molecule has 1 aromatic carbocycles. The number of anilines is 2. The third kappa shape index (κ3) is 9.19. The molecule has 2 aliphatic carbocycles. The van der Waals surface area contributed by atoms with E-state index in [4.69, 9.17) is 43.1 Å². The predicted octanol–water partition coefficient (Wildman–Crippen LogP) is 6.63. The molecule has 1 aromatic heterocycles. The van der Waals surface area contributed by atoms with Gasteiger partial charge in [0.05, 0.1) is 29.4 Å². The molecule has 48 heavy (non-hydrogen) atoms. The third-order valence-electron chi connectivity index (χ3n) is 8.77. The van der Waals surface area contributed by atoms with Crippen LogP contribution in [0.25, 0.3) is 11.3 Å². The second-order valence-corrected chi connectivity index (χ2v) is 14.4. The second-order valence-electron chi connectivity index (χ2n) is 13.5. The fraction of sp³-hybridized carbons (Fsp3) is 0.543. The highest BCUT2D eigenvalue weighted by Gasteiger charge is 2.41. The van der Waals surface area contributed by atoms with Gasteiger partial charge in [0.15, 0.2) is 17.9 Å². The third-order valence-corrected chi connectivity index (χ3v) is 9.58. The Morgan fingerprint density at radius 2 is 1.88 bits per heavy atom. The summed E-state index contributed by atoms with van der Waals surface area (Å²) >= 11 is 12.8. The average Bonchev–Trinajstić information content (AvgIpc) is 3.57. The molecule has 0 bridgehead atoms. The number of likely N-dealkylation sites (tertiary alicyclic amines) is 1. The van der Waals surface area contributed by atoms with Crippen molar-refractivity contribution in [3.63, 3.8) is 0 Å². The summed E-state index contributed by atoms with van der Waals surface area (Å²) in [5.74, 6) is 0.460. The lowest BCUT2D eigenvalue weighted by Crippen LogP contribution is -2.58. The monoisotopic (exact) mass is 700 g/mol. The normalized spacial score (nSPS) is 22.5. The Bertz CT molecular complexity index is 1510. The van der Waals surface area contributed by atoms with Crippen LogP contribution in [0.5, 0.6) is 0 Å². The highest BCUT2D eigenvalue weighted by atomic mass is 35.5. The van der Waals surface area contributed by atoms with Gasteiger partial charge in [-0.05, 0) is 76.7 Å². The summed E-state index contributed by atoms with van der Waals surface area (Å²) in [5.41, 5.74) is 8.19. The quantitative estimate of drug-likeness (QED) is 0.184. The van der Waals surface area contributed by atoms with Crippen LogP contribution in [0.15, 0.2) is 53.2 Å². The molecule has 13 heteroatoms.